The highest BCUT2D eigenvalue weighted by molar-refractivity contribution is 5.95. The first-order chi connectivity index (χ1) is 14.7. The number of hydrogen-bond donors (Lipinski definition) is 1. The van der Waals surface area contributed by atoms with Crippen LogP contribution in [0.4, 0.5) is 0 Å². The second-order valence-electron chi connectivity index (χ2n) is 7.21. The predicted octanol–water partition coefficient (Wildman–Crippen LogP) is 3.61. The fourth-order valence-electron chi connectivity index (χ4n) is 3.52. The number of carbonyl (C=O) groups is 1. The third-order valence-corrected chi connectivity index (χ3v) is 5.13. The molecule has 3 aromatic rings. The summed E-state index contributed by atoms with van der Waals surface area (Å²) in [4.78, 5) is 14.9. The molecular weight excluding hydrogens is 372 g/mol. The van der Waals surface area contributed by atoms with Gasteiger partial charge in [-0.2, -0.15) is 5.10 Å². The average molecular weight is 396 g/mol. The molecule has 0 radical (unpaired) electrons. The van der Waals surface area contributed by atoms with E-state index in [1.807, 2.05) is 60.8 Å². The van der Waals surface area contributed by atoms with Crippen LogP contribution in [0.5, 0.6) is 0 Å². The van der Waals surface area contributed by atoms with E-state index in [-0.39, 0.29) is 5.91 Å². The van der Waals surface area contributed by atoms with Crippen molar-refractivity contribution in [3.05, 3.63) is 96.0 Å². The Morgan fingerprint density at radius 1 is 1.13 bits per heavy atom. The fraction of sp³-hybridized carbons (Fsp3) is 0.200. The van der Waals surface area contributed by atoms with Crippen LogP contribution in [0.25, 0.3) is 5.69 Å². The summed E-state index contributed by atoms with van der Waals surface area (Å²) in [5.74, 6) is 6.28. The Kier molecular flexibility index (Phi) is 5.95. The van der Waals surface area contributed by atoms with Crippen molar-refractivity contribution >= 4 is 5.91 Å². The van der Waals surface area contributed by atoms with Crippen LogP contribution >= 0.6 is 0 Å². The summed E-state index contributed by atoms with van der Waals surface area (Å²) >= 11 is 0. The number of carbonyl (C=O) groups excluding carboxylic acids is 1. The summed E-state index contributed by atoms with van der Waals surface area (Å²) in [6, 6.07) is 17.2. The van der Waals surface area contributed by atoms with E-state index < -0.39 is 0 Å². The molecule has 30 heavy (non-hydrogen) atoms. The minimum atomic E-state index is -0.102. The van der Waals surface area contributed by atoms with Gasteiger partial charge in [0.2, 0.25) is 0 Å². The van der Waals surface area contributed by atoms with Crippen molar-refractivity contribution in [2.75, 3.05) is 19.6 Å². The number of likely N-dealkylation sites (tertiary alicyclic amines) is 1. The molecule has 1 saturated heterocycles. The van der Waals surface area contributed by atoms with Crippen LogP contribution in [0.2, 0.25) is 0 Å². The van der Waals surface area contributed by atoms with Gasteiger partial charge in [0.05, 0.1) is 11.3 Å². The van der Waals surface area contributed by atoms with Gasteiger partial charge in [-0.25, -0.2) is 4.68 Å². The fourth-order valence-corrected chi connectivity index (χ4v) is 3.52. The molecule has 0 saturated carbocycles. The molecule has 2 aromatic carbocycles. The standard InChI is InChI=1S/C25H24N4O/c1-20-7-5-16-28(20)18-15-26-25(30)23-12-13-24(29-17-6-14-27-29)22(19-23)11-10-21-8-3-2-4-9-21/h2-4,6,8-9,12-14,17,19H,1,5,7,15-16,18H2,(H,26,30). The summed E-state index contributed by atoms with van der Waals surface area (Å²) in [5.41, 5.74) is 4.26. The van der Waals surface area contributed by atoms with E-state index in [1.165, 1.54) is 0 Å². The van der Waals surface area contributed by atoms with Crippen LogP contribution in [-0.2, 0) is 0 Å². The Balaban J connectivity index is 1.53. The molecule has 4 rings (SSSR count). The molecule has 0 spiro atoms. The second-order valence-corrected chi connectivity index (χ2v) is 7.21. The first kappa shape index (κ1) is 19.5. The maximum Gasteiger partial charge on any atom is 0.251 e. The van der Waals surface area contributed by atoms with Gasteiger partial charge >= 0.3 is 0 Å². The van der Waals surface area contributed by atoms with Crippen LogP contribution in [0.3, 0.4) is 0 Å². The molecule has 150 valence electrons. The molecule has 5 nitrogen and oxygen atoms in total. The van der Waals surface area contributed by atoms with Crippen molar-refractivity contribution < 1.29 is 4.79 Å². The third-order valence-electron chi connectivity index (χ3n) is 5.13. The van der Waals surface area contributed by atoms with Crippen LogP contribution in [0.1, 0.15) is 34.3 Å². The van der Waals surface area contributed by atoms with Gasteiger partial charge in [-0.05, 0) is 49.2 Å². The van der Waals surface area contributed by atoms with E-state index in [0.717, 1.165) is 48.4 Å². The van der Waals surface area contributed by atoms with Gasteiger partial charge < -0.3 is 10.2 Å². The molecule has 1 fully saturated rings. The molecule has 1 amide bonds. The SMILES string of the molecule is C=C1CCCN1CCNC(=O)c1ccc(-n2cccn2)c(C#Cc2ccccc2)c1. The summed E-state index contributed by atoms with van der Waals surface area (Å²) in [6.07, 6.45) is 5.78. The van der Waals surface area contributed by atoms with E-state index in [1.54, 1.807) is 10.9 Å². The highest BCUT2D eigenvalue weighted by atomic mass is 16.1. The number of hydrogen-bond acceptors (Lipinski definition) is 3. The Morgan fingerprint density at radius 3 is 2.73 bits per heavy atom. The van der Waals surface area contributed by atoms with Gasteiger partial charge in [-0.15, -0.1) is 0 Å². The van der Waals surface area contributed by atoms with E-state index in [9.17, 15) is 4.79 Å². The average Bonchev–Trinajstić information content (AvgIpc) is 3.45. The Bertz CT molecular complexity index is 1090. The molecule has 0 bridgehead atoms. The molecular formula is C25H24N4O. The number of benzene rings is 2. The molecule has 0 aliphatic carbocycles. The van der Waals surface area contributed by atoms with Gasteiger partial charge in [-0.1, -0.05) is 36.6 Å². The Morgan fingerprint density at radius 2 is 2.00 bits per heavy atom. The molecule has 2 heterocycles. The Hall–Kier alpha value is -3.78. The van der Waals surface area contributed by atoms with E-state index in [4.69, 9.17) is 0 Å². The molecule has 5 heteroatoms. The van der Waals surface area contributed by atoms with E-state index in [0.29, 0.717) is 12.1 Å². The maximum atomic E-state index is 12.7. The number of nitrogens with one attached hydrogen (secondary N) is 1. The van der Waals surface area contributed by atoms with Crippen LogP contribution in [0.15, 0.2) is 79.3 Å². The Labute approximate surface area is 177 Å². The number of aromatic nitrogens is 2. The van der Waals surface area contributed by atoms with Gasteiger partial charge in [0.15, 0.2) is 0 Å². The molecule has 0 unspecified atom stereocenters. The zero-order valence-corrected chi connectivity index (χ0v) is 16.8. The number of amides is 1. The first-order valence-electron chi connectivity index (χ1n) is 10.1. The lowest BCUT2D eigenvalue weighted by molar-refractivity contribution is 0.0951. The summed E-state index contributed by atoms with van der Waals surface area (Å²) in [5, 5.41) is 7.32. The molecule has 0 atom stereocenters. The largest absolute Gasteiger partial charge is 0.374 e. The lowest BCUT2D eigenvalue weighted by atomic mass is 10.1. The molecule has 1 aliphatic heterocycles. The number of allylic oxidation sites excluding steroid dienone is 1. The quantitative estimate of drug-likeness (QED) is 0.671. The normalized spacial score (nSPS) is 13.1. The van der Waals surface area contributed by atoms with E-state index >= 15 is 0 Å². The monoisotopic (exact) mass is 396 g/mol. The van der Waals surface area contributed by atoms with Crippen LogP contribution in [0, 0.1) is 11.8 Å². The molecule has 1 aliphatic rings. The zero-order valence-electron chi connectivity index (χ0n) is 16.8. The summed E-state index contributed by atoms with van der Waals surface area (Å²) in [6.45, 7) is 6.47. The number of nitrogens with zero attached hydrogens (tertiary/aromatic N) is 3. The predicted molar refractivity (Wildman–Crippen MR) is 118 cm³/mol. The smallest absolute Gasteiger partial charge is 0.251 e. The van der Waals surface area contributed by atoms with Crippen LogP contribution in [-0.4, -0.2) is 40.2 Å². The summed E-state index contributed by atoms with van der Waals surface area (Å²) in [7, 11) is 0. The topological polar surface area (TPSA) is 50.2 Å². The van der Waals surface area contributed by atoms with Crippen molar-refractivity contribution in [1.29, 1.82) is 0 Å². The van der Waals surface area contributed by atoms with Gasteiger partial charge in [0, 0.05) is 48.9 Å². The second kappa shape index (κ2) is 9.15. The molecule has 1 N–H and O–H groups in total. The lowest BCUT2D eigenvalue weighted by Crippen LogP contribution is -2.32. The highest BCUT2D eigenvalue weighted by Gasteiger charge is 2.15. The van der Waals surface area contributed by atoms with Crippen molar-refractivity contribution in [1.82, 2.24) is 20.0 Å². The highest BCUT2D eigenvalue weighted by Crippen LogP contribution is 2.18. The van der Waals surface area contributed by atoms with Gasteiger partial charge in [0.25, 0.3) is 5.91 Å². The zero-order chi connectivity index (χ0) is 20.8. The van der Waals surface area contributed by atoms with Gasteiger partial charge in [0.1, 0.15) is 0 Å². The van der Waals surface area contributed by atoms with Crippen LogP contribution < -0.4 is 5.32 Å². The number of rotatable bonds is 5. The van der Waals surface area contributed by atoms with Gasteiger partial charge in [-0.3, -0.25) is 4.79 Å². The summed E-state index contributed by atoms with van der Waals surface area (Å²) < 4.78 is 1.76. The first-order valence-corrected chi connectivity index (χ1v) is 10.1. The van der Waals surface area contributed by atoms with Crippen molar-refractivity contribution in [3.8, 4) is 17.5 Å². The third kappa shape index (κ3) is 4.61. The maximum absolute atomic E-state index is 12.7. The minimum absolute atomic E-state index is 0.102. The lowest BCUT2D eigenvalue weighted by Gasteiger charge is -2.19. The van der Waals surface area contributed by atoms with E-state index in [2.05, 4.69) is 33.7 Å². The molecule has 1 aromatic heterocycles. The van der Waals surface area contributed by atoms with Crippen molar-refractivity contribution in [2.24, 2.45) is 0 Å². The van der Waals surface area contributed by atoms with Crippen molar-refractivity contribution in [3.63, 3.8) is 0 Å². The minimum Gasteiger partial charge on any atom is -0.374 e. The van der Waals surface area contributed by atoms with Crippen molar-refractivity contribution in [2.45, 2.75) is 12.8 Å².